The summed E-state index contributed by atoms with van der Waals surface area (Å²) < 4.78 is 20.7. The second-order valence-corrected chi connectivity index (χ2v) is 3.78. The largest absolute Gasteiger partial charge is 0.495 e. The zero-order valence-electron chi connectivity index (χ0n) is 10.1. The molecule has 0 saturated carbocycles. The van der Waals surface area contributed by atoms with Crippen LogP contribution in [-0.2, 0) is 0 Å². The summed E-state index contributed by atoms with van der Waals surface area (Å²) in [5.74, 6) is -0.424. The Morgan fingerprint density at radius 2 is 1.84 bits per heavy atom. The number of hydrogen-bond donors (Lipinski definition) is 1. The van der Waals surface area contributed by atoms with E-state index in [-0.39, 0.29) is 22.5 Å². The molecule has 7 nitrogen and oxygen atoms in total. The Hall–Kier alpha value is -2.70. The van der Waals surface area contributed by atoms with Crippen molar-refractivity contribution in [2.75, 3.05) is 14.2 Å². The number of benzene rings is 1. The topological polar surface area (TPSA) is 94.7 Å². The zero-order valence-corrected chi connectivity index (χ0v) is 10.1. The van der Waals surface area contributed by atoms with Gasteiger partial charge in [0, 0.05) is 0 Å². The second-order valence-electron chi connectivity index (χ2n) is 3.78. The Kier molecular flexibility index (Phi) is 2.34. The van der Waals surface area contributed by atoms with Crippen molar-refractivity contribution in [3.8, 4) is 11.5 Å². The molecule has 0 aliphatic heterocycles. The van der Waals surface area contributed by atoms with Gasteiger partial charge in [0.1, 0.15) is 11.1 Å². The van der Waals surface area contributed by atoms with E-state index in [1.54, 1.807) is 6.07 Å². The van der Waals surface area contributed by atoms with Gasteiger partial charge in [0.05, 0.1) is 25.9 Å². The molecule has 19 heavy (non-hydrogen) atoms. The van der Waals surface area contributed by atoms with Crippen LogP contribution in [0.1, 0.15) is 0 Å². The maximum absolute atomic E-state index is 11.9. The third-order valence-electron chi connectivity index (χ3n) is 2.82. The van der Waals surface area contributed by atoms with Gasteiger partial charge in [-0.05, 0) is 6.07 Å². The highest BCUT2D eigenvalue weighted by molar-refractivity contribution is 6.06. The zero-order chi connectivity index (χ0) is 13.6. The molecule has 0 aliphatic rings. The molecule has 7 heteroatoms. The molecule has 0 unspecified atom stereocenters. The smallest absolute Gasteiger partial charge is 0.419 e. The summed E-state index contributed by atoms with van der Waals surface area (Å²) in [7, 11) is 2.81. The third kappa shape index (κ3) is 1.44. The van der Waals surface area contributed by atoms with Crippen LogP contribution in [0.2, 0.25) is 0 Å². The number of hydrogen-bond acceptors (Lipinski definition) is 6. The fourth-order valence-electron chi connectivity index (χ4n) is 2.09. The minimum atomic E-state index is -0.872. The van der Waals surface area contributed by atoms with Crippen LogP contribution in [-0.4, -0.2) is 19.2 Å². The van der Waals surface area contributed by atoms with Gasteiger partial charge in [-0.3, -0.25) is 9.78 Å². The van der Waals surface area contributed by atoms with Gasteiger partial charge >= 0.3 is 5.76 Å². The Balaban J connectivity index is 2.72. The van der Waals surface area contributed by atoms with Crippen LogP contribution in [0.25, 0.3) is 21.9 Å². The lowest BCUT2D eigenvalue weighted by molar-refractivity contribution is 0.395. The van der Waals surface area contributed by atoms with Gasteiger partial charge in [-0.15, -0.1) is 0 Å². The third-order valence-corrected chi connectivity index (χ3v) is 2.82. The molecule has 3 aromatic rings. The van der Waals surface area contributed by atoms with Gasteiger partial charge in [0.15, 0.2) is 11.2 Å². The van der Waals surface area contributed by atoms with Gasteiger partial charge in [-0.1, -0.05) is 0 Å². The highest BCUT2D eigenvalue weighted by atomic mass is 16.5. The average Bonchev–Trinajstić information content (AvgIpc) is 2.84. The van der Waals surface area contributed by atoms with E-state index in [1.165, 1.54) is 20.5 Å². The number of aromatic nitrogens is 1. The summed E-state index contributed by atoms with van der Waals surface area (Å²) in [6.45, 7) is 0. The van der Waals surface area contributed by atoms with E-state index < -0.39 is 11.3 Å². The first-order chi connectivity index (χ1) is 9.17. The molecule has 3 rings (SSSR count). The molecule has 0 aliphatic carbocycles. The number of methoxy groups -OCH3 is 2. The average molecular weight is 263 g/mol. The molecule has 2 heterocycles. The highest BCUT2D eigenvalue weighted by Gasteiger charge is 2.22. The van der Waals surface area contributed by atoms with E-state index in [4.69, 9.17) is 18.3 Å². The van der Waals surface area contributed by atoms with Crippen LogP contribution in [0.4, 0.5) is 0 Å². The fourth-order valence-corrected chi connectivity index (χ4v) is 2.09. The van der Waals surface area contributed by atoms with Crippen LogP contribution in [0.5, 0.6) is 11.5 Å². The molecule has 0 fully saturated rings. The number of aromatic amines is 1. The normalized spacial score (nSPS) is 11.1. The molecule has 0 spiro atoms. The molecule has 0 saturated heterocycles. The molecule has 2 aromatic heterocycles. The van der Waals surface area contributed by atoms with Crippen molar-refractivity contribution in [3.63, 3.8) is 0 Å². The molecule has 0 atom stereocenters. The summed E-state index contributed by atoms with van der Waals surface area (Å²) in [6.07, 6.45) is 1.43. The van der Waals surface area contributed by atoms with E-state index in [1.807, 2.05) is 0 Å². The number of nitrogens with one attached hydrogen (secondary N) is 1. The summed E-state index contributed by atoms with van der Waals surface area (Å²) in [5, 5.41) is 0.666. The number of ether oxygens (including phenoxy) is 2. The molecule has 0 bridgehead atoms. The monoisotopic (exact) mass is 263 g/mol. The highest BCUT2D eigenvalue weighted by Crippen LogP contribution is 2.40. The standard InChI is InChI=1S/C12H9NO6/c1-16-7-5-3-4-18-8(5)10(17-2)9-6(7)11(14)13-12(15)19-9/h3-4H,1-2H3,(H,13,14,15). The molecule has 0 radical (unpaired) electrons. The van der Waals surface area contributed by atoms with Crippen LogP contribution in [0.15, 0.2) is 30.8 Å². The van der Waals surface area contributed by atoms with E-state index in [0.29, 0.717) is 11.0 Å². The van der Waals surface area contributed by atoms with Crippen molar-refractivity contribution in [2.45, 2.75) is 0 Å². The number of H-pyrrole nitrogens is 1. The van der Waals surface area contributed by atoms with E-state index >= 15 is 0 Å². The minimum Gasteiger partial charge on any atom is -0.495 e. The maximum atomic E-state index is 11.9. The Bertz CT molecular complexity index is 885. The predicted octanol–water partition coefficient (Wildman–Crippen LogP) is 1.24. The summed E-state index contributed by atoms with van der Waals surface area (Å²) in [5.41, 5.74) is -0.263. The van der Waals surface area contributed by atoms with Crippen LogP contribution in [0.3, 0.4) is 0 Å². The first kappa shape index (κ1) is 11.4. The van der Waals surface area contributed by atoms with Crippen LogP contribution in [0, 0.1) is 0 Å². The second kappa shape index (κ2) is 3.91. The Labute approximate surface area is 105 Å². The van der Waals surface area contributed by atoms with E-state index in [0.717, 1.165) is 0 Å². The molecule has 1 N–H and O–H groups in total. The molecule has 1 aromatic carbocycles. The molecular weight excluding hydrogens is 254 g/mol. The summed E-state index contributed by atoms with van der Waals surface area (Å²) in [6, 6.07) is 1.64. The predicted molar refractivity (Wildman–Crippen MR) is 66.0 cm³/mol. The lowest BCUT2D eigenvalue weighted by Crippen LogP contribution is -2.19. The molecular formula is C12H9NO6. The quantitative estimate of drug-likeness (QED) is 0.747. The first-order valence-corrected chi connectivity index (χ1v) is 5.35. The molecule has 98 valence electrons. The fraction of sp³-hybridized carbons (Fsp3) is 0.167. The minimum absolute atomic E-state index is 0.00412. The van der Waals surface area contributed by atoms with Crippen molar-refractivity contribution in [2.24, 2.45) is 0 Å². The van der Waals surface area contributed by atoms with Gasteiger partial charge in [0.2, 0.25) is 5.75 Å². The van der Waals surface area contributed by atoms with Gasteiger partial charge in [0.25, 0.3) is 5.56 Å². The van der Waals surface area contributed by atoms with Crippen LogP contribution >= 0.6 is 0 Å². The number of rotatable bonds is 2. The Morgan fingerprint density at radius 1 is 1.11 bits per heavy atom. The Morgan fingerprint density at radius 3 is 2.53 bits per heavy atom. The van der Waals surface area contributed by atoms with Crippen molar-refractivity contribution >= 4 is 21.9 Å². The lowest BCUT2D eigenvalue weighted by atomic mass is 10.1. The molecule has 0 amide bonds. The first-order valence-electron chi connectivity index (χ1n) is 5.35. The van der Waals surface area contributed by atoms with Gasteiger partial charge in [-0.2, -0.15) is 0 Å². The number of furan rings is 1. The van der Waals surface area contributed by atoms with Crippen molar-refractivity contribution in [3.05, 3.63) is 33.2 Å². The van der Waals surface area contributed by atoms with Gasteiger partial charge < -0.3 is 18.3 Å². The van der Waals surface area contributed by atoms with Crippen molar-refractivity contribution < 1.29 is 18.3 Å². The summed E-state index contributed by atoms with van der Waals surface area (Å²) in [4.78, 5) is 25.3. The van der Waals surface area contributed by atoms with Gasteiger partial charge in [-0.25, -0.2) is 4.79 Å². The van der Waals surface area contributed by atoms with Crippen LogP contribution < -0.4 is 20.8 Å². The van der Waals surface area contributed by atoms with Crippen molar-refractivity contribution in [1.29, 1.82) is 0 Å². The summed E-state index contributed by atoms with van der Waals surface area (Å²) >= 11 is 0. The lowest BCUT2D eigenvalue weighted by Gasteiger charge is -2.08. The van der Waals surface area contributed by atoms with Crippen molar-refractivity contribution in [1.82, 2.24) is 4.98 Å². The maximum Gasteiger partial charge on any atom is 0.419 e. The van der Waals surface area contributed by atoms with E-state index in [9.17, 15) is 9.59 Å². The van der Waals surface area contributed by atoms with E-state index in [2.05, 4.69) is 4.98 Å². The SMILES string of the molecule is COc1c2occc2c(OC)c2c(=O)[nH]c(=O)oc12. The number of fused-ring (bicyclic) bond motifs is 2.